The van der Waals surface area contributed by atoms with Crippen LogP contribution in [0.15, 0.2) is 34.2 Å². The molecule has 0 fully saturated rings. The lowest BCUT2D eigenvalue weighted by Crippen LogP contribution is -2.35. The Balaban J connectivity index is 2.38. The molecule has 1 atom stereocenters. The molecule has 0 unspecified atom stereocenters. The van der Waals surface area contributed by atoms with Crippen molar-refractivity contribution >= 4 is 21.8 Å². The molecule has 8 heteroatoms. The minimum atomic E-state index is -3.60. The lowest BCUT2D eigenvalue weighted by atomic mass is 10.1. The molecule has 7 nitrogen and oxygen atoms in total. The van der Waals surface area contributed by atoms with Gasteiger partial charge in [-0.05, 0) is 18.6 Å². The summed E-state index contributed by atoms with van der Waals surface area (Å²) in [4.78, 5) is 20.9. The topological polar surface area (TPSA) is 96.9 Å². The Bertz CT molecular complexity index is 670. The van der Waals surface area contributed by atoms with Crippen LogP contribution < -0.4 is 10.2 Å². The molecule has 1 aromatic rings. The van der Waals surface area contributed by atoms with Gasteiger partial charge in [0.25, 0.3) is 15.9 Å². The molecule has 1 aromatic carbocycles. The Hall–Kier alpha value is -1.93. The second-order valence-electron chi connectivity index (χ2n) is 4.55. The molecule has 1 aliphatic heterocycles. The number of amides is 1. The van der Waals surface area contributed by atoms with E-state index in [0.717, 1.165) is 6.42 Å². The molecule has 0 saturated carbocycles. The van der Waals surface area contributed by atoms with E-state index in [1.165, 1.54) is 13.2 Å². The van der Waals surface area contributed by atoms with Gasteiger partial charge in [0.1, 0.15) is 11.9 Å². The van der Waals surface area contributed by atoms with Crippen LogP contribution in [0, 0.1) is 0 Å². The molecule has 114 valence electrons. The van der Waals surface area contributed by atoms with Gasteiger partial charge in [0.15, 0.2) is 0 Å². The van der Waals surface area contributed by atoms with Crippen molar-refractivity contribution in [2.24, 2.45) is 4.99 Å². The van der Waals surface area contributed by atoms with Crippen LogP contribution >= 0.6 is 0 Å². The predicted octanol–water partition coefficient (Wildman–Crippen LogP) is 0.571. The standard InChI is InChI=1S/C13H17N3O4S/c1-3-6-10(13(17)15-20-2)14-12-9-7-4-5-8-11(9)21(18,19)16-12/h4-5,7-8,10H,3,6H2,1-2H3,(H,14,16)(H,15,17)/t10-/m0/s1. The average Bonchev–Trinajstić information content (AvgIpc) is 2.71. The number of hydrogen-bond donors (Lipinski definition) is 2. The number of hydrogen-bond acceptors (Lipinski definition) is 5. The molecule has 0 saturated heterocycles. The highest BCUT2D eigenvalue weighted by Crippen LogP contribution is 2.23. The number of benzene rings is 1. The maximum absolute atomic E-state index is 12.0. The SMILES string of the molecule is CCC[C@H](N=C1NS(=O)(=O)c2ccccc21)C(=O)NOC. The van der Waals surface area contributed by atoms with E-state index >= 15 is 0 Å². The molecule has 0 aromatic heterocycles. The molecule has 2 N–H and O–H groups in total. The molecule has 21 heavy (non-hydrogen) atoms. The molecule has 0 aliphatic carbocycles. The van der Waals surface area contributed by atoms with Crippen LogP contribution in [0.2, 0.25) is 0 Å². The highest BCUT2D eigenvalue weighted by Gasteiger charge is 2.31. The zero-order chi connectivity index (χ0) is 15.5. The summed E-state index contributed by atoms with van der Waals surface area (Å²) in [5.74, 6) is -0.217. The van der Waals surface area contributed by atoms with Crippen molar-refractivity contribution in [3.63, 3.8) is 0 Å². The van der Waals surface area contributed by atoms with E-state index in [1.54, 1.807) is 18.2 Å². The molecule has 0 spiro atoms. The van der Waals surface area contributed by atoms with Crippen molar-refractivity contribution in [1.82, 2.24) is 10.2 Å². The molecule has 0 radical (unpaired) electrons. The average molecular weight is 311 g/mol. The number of rotatable bonds is 5. The fraction of sp³-hybridized carbons (Fsp3) is 0.385. The maximum atomic E-state index is 12.0. The lowest BCUT2D eigenvalue weighted by molar-refractivity contribution is -0.132. The van der Waals surface area contributed by atoms with Crippen molar-refractivity contribution in [3.05, 3.63) is 29.8 Å². The maximum Gasteiger partial charge on any atom is 0.268 e. The van der Waals surface area contributed by atoms with E-state index in [1.807, 2.05) is 6.92 Å². The lowest BCUT2D eigenvalue weighted by Gasteiger charge is -2.11. The van der Waals surface area contributed by atoms with Gasteiger partial charge in [-0.3, -0.25) is 19.3 Å². The van der Waals surface area contributed by atoms with Crippen LogP contribution in [0.25, 0.3) is 0 Å². The molecule has 1 aliphatic rings. The minimum Gasteiger partial charge on any atom is -0.277 e. The Morgan fingerprint density at radius 1 is 1.43 bits per heavy atom. The monoisotopic (exact) mass is 311 g/mol. The first-order chi connectivity index (χ1) is 9.99. The van der Waals surface area contributed by atoms with Crippen LogP contribution in [0.1, 0.15) is 25.3 Å². The Morgan fingerprint density at radius 2 is 2.14 bits per heavy atom. The van der Waals surface area contributed by atoms with Crippen molar-refractivity contribution < 1.29 is 18.0 Å². The van der Waals surface area contributed by atoms with Crippen LogP contribution in [0.5, 0.6) is 0 Å². The Morgan fingerprint density at radius 3 is 2.81 bits per heavy atom. The molecular formula is C13H17N3O4S. The highest BCUT2D eigenvalue weighted by atomic mass is 32.2. The minimum absolute atomic E-state index is 0.172. The first-order valence-corrected chi connectivity index (χ1v) is 8.00. The second kappa shape index (κ2) is 6.23. The van der Waals surface area contributed by atoms with Gasteiger partial charge in [-0.15, -0.1) is 0 Å². The van der Waals surface area contributed by atoms with E-state index in [9.17, 15) is 13.2 Å². The summed E-state index contributed by atoms with van der Waals surface area (Å²) in [6.07, 6.45) is 1.22. The quantitative estimate of drug-likeness (QED) is 0.777. The Labute approximate surface area is 123 Å². The highest BCUT2D eigenvalue weighted by molar-refractivity contribution is 7.90. The van der Waals surface area contributed by atoms with Crippen molar-refractivity contribution in [2.75, 3.05) is 7.11 Å². The third-order valence-electron chi connectivity index (χ3n) is 3.02. The summed E-state index contributed by atoms with van der Waals surface area (Å²) in [7, 11) is -2.26. The molecule has 2 rings (SSSR count). The predicted molar refractivity (Wildman–Crippen MR) is 77.1 cm³/mol. The molecule has 0 bridgehead atoms. The third kappa shape index (κ3) is 3.22. The number of nitrogens with zero attached hydrogens (tertiary/aromatic N) is 1. The first-order valence-electron chi connectivity index (χ1n) is 6.52. The summed E-state index contributed by atoms with van der Waals surface area (Å²) >= 11 is 0. The zero-order valence-electron chi connectivity index (χ0n) is 11.8. The number of nitrogens with one attached hydrogen (secondary N) is 2. The number of hydroxylamine groups is 1. The number of carbonyl (C=O) groups excluding carboxylic acids is 1. The zero-order valence-corrected chi connectivity index (χ0v) is 12.6. The van der Waals surface area contributed by atoms with Crippen molar-refractivity contribution in [1.29, 1.82) is 0 Å². The van der Waals surface area contributed by atoms with E-state index in [2.05, 4.69) is 20.0 Å². The van der Waals surface area contributed by atoms with Gasteiger partial charge < -0.3 is 0 Å². The van der Waals surface area contributed by atoms with Gasteiger partial charge in [0, 0.05) is 5.56 Å². The van der Waals surface area contributed by atoms with Gasteiger partial charge in [-0.1, -0.05) is 25.5 Å². The summed E-state index contributed by atoms with van der Waals surface area (Å²) in [5, 5.41) is 0. The number of sulfonamides is 1. The summed E-state index contributed by atoms with van der Waals surface area (Å²) < 4.78 is 26.3. The largest absolute Gasteiger partial charge is 0.277 e. The summed E-state index contributed by atoms with van der Waals surface area (Å²) in [5.41, 5.74) is 2.70. The number of carbonyl (C=O) groups is 1. The van der Waals surface area contributed by atoms with Crippen LogP contribution in [0.4, 0.5) is 0 Å². The Kier molecular flexibility index (Phi) is 4.59. The van der Waals surface area contributed by atoms with E-state index in [4.69, 9.17) is 0 Å². The fourth-order valence-corrected chi connectivity index (χ4v) is 3.32. The third-order valence-corrected chi connectivity index (χ3v) is 4.41. The molecular weight excluding hydrogens is 294 g/mol. The van der Waals surface area contributed by atoms with E-state index < -0.39 is 22.0 Å². The molecule has 1 amide bonds. The fourth-order valence-electron chi connectivity index (χ4n) is 2.08. The normalized spacial score (nSPS) is 18.9. The number of fused-ring (bicyclic) bond motifs is 1. The van der Waals surface area contributed by atoms with Crippen LogP contribution in [0.3, 0.4) is 0 Å². The van der Waals surface area contributed by atoms with Gasteiger partial charge in [0.2, 0.25) is 0 Å². The summed E-state index contributed by atoms with van der Waals surface area (Å²) in [6, 6.07) is 5.81. The number of aliphatic imine (C=N–C) groups is 1. The second-order valence-corrected chi connectivity index (χ2v) is 6.21. The summed E-state index contributed by atoms with van der Waals surface area (Å²) in [6.45, 7) is 1.92. The van der Waals surface area contributed by atoms with Crippen LogP contribution in [-0.2, 0) is 19.7 Å². The van der Waals surface area contributed by atoms with Crippen molar-refractivity contribution in [2.45, 2.75) is 30.7 Å². The van der Waals surface area contributed by atoms with Gasteiger partial charge >= 0.3 is 0 Å². The van der Waals surface area contributed by atoms with E-state index in [-0.39, 0.29) is 10.7 Å². The van der Waals surface area contributed by atoms with Gasteiger partial charge in [-0.2, -0.15) is 0 Å². The van der Waals surface area contributed by atoms with Crippen LogP contribution in [-0.4, -0.2) is 33.3 Å². The molecule has 1 heterocycles. The smallest absolute Gasteiger partial charge is 0.268 e. The van der Waals surface area contributed by atoms with Gasteiger partial charge in [0.05, 0.1) is 12.0 Å². The first kappa shape index (κ1) is 15.5. The number of amidine groups is 1. The van der Waals surface area contributed by atoms with Crippen molar-refractivity contribution in [3.8, 4) is 0 Å². The van der Waals surface area contributed by atoms with Gasteiger partial charge in [-0.25, -0.2) is 13.9 Å². The van der Waals surface area contributed by atoms with E-state index in [0.29, 0.717) is 12.0 Å².